The van der Waals surface area contributed by atoms with Crippen molar-refractivity contribution in [1.29, 1.82) is 0 Å². The molecule has 8 heteroatoms. The minimum atomic E-state index is -1.00. The molecule has 1 atom stereocenters. The number of carboxylic acid groups (broad SMARTS) is 1. The lowest BCUT2D eigenvalue weighted by Gasteiger charge is -2.09. The predicted molar refractivity (Wildman–Crippen MR) is 74.5 cm³/mol. The molecule has 0 radical (unpaired) electrons. The summed E-state index contributed by atoms with van der Waals surface area (Å²) in [5.74, 6) is 0.389. The summed E-state index contributed by atoms with van der Waals surface area (Å²) in [5, 5.41) is 13.1. The van der Waals surface area contributed by atoms with Crippen LogP contribution in [0, 0.1) is 0 Å². The number of thioether (sulfide) groups is 1. The number of carboxylic acids is 1. The molecule has 1 amide bonds. The van der Waals surface area contributed by atoms with Crippen molar-refractivity contribution in [3.05, 3.63) is 23.5 Å². The van der Waals surface area contributed by atoms with Crippen LogP contribution in [0.3, 0.4) is 0 Å². The number of thiazole rings is 1. The van der Waals surface area contributed by atoms with Gasteiger partial charge >= 0.3 is 5.97 Å². The molecule has 0 bridgehead atoms. The Bertz CT molecular complexity index is 538. The van der Waals surface area contributed by atoms with E-state index in [2.05, 4.69) is 10.3 Å². The van der Waals surface area contributed by atoms with Crippen LogP contribution in [0.5, 0.6) is 0 Å². The highest BCUT2D eigenvalue weighted by Gasteiger charge is 2.15. The van der Waals surface area contributed by atoms with Crippen LogP contribution in [0.25, 0.3) is 4.96 Å². The van der Waals surface area contributed by atoms with Gasteiger partial charge in [-0.3, -0.25) is 9.20 Å². The number of aliphatic carboxylic acids is 1. The number of aromatic nitrogens is 2. The van der Waals surface area contributed by atoms with E-state index in [1.807, 2.05) is 22.2 Å². The van der Waals surface area contributed by atoms with Crippen molar-refractivity contribution >= 4 is 40.4 Å². The van der Waals surface area contributed by atoms with Gasteiger partial charge < -0.3 is 10.4 Å². The number of hydrogen-bond acceptors (Lipinski definition) is 5. The van der Waals surface area contributed by atoms with Gasteiger partial charge in [0, 0.05) is 23.5 Å². The second-order valence-electron chi connectivity index (χ2n) is 3.84. The fourth-order valence-corrected chi connectivity index (χ4v) is 3.20. The predicted octanol–water partition coefficient (Wildman–Crippen LogP) is 1.22. The van der Waals surface area contributed by atoms with E-state index in [9.17, 15) is 9.59 Å². The van der Waals surface area contributed by atoms with E-state index in [4.69, 9.17) is 5.11 Å². The number of nitrogens with zero attached hydrogens (tertiary/aromatic N) is 2. The van der Waals surface area contributed by atoms with E-state index in [1.54, 1.807) is 23.1 Å². The molecule has 2 aromatic heterocycles. The Morgan fingerprint density at radius 1 is 1.68 bits per heavy atom. The zero-order valence-corrected chi connectivity index (χ0v) is 11.6. The first kappa shape index (κ1) is 13.9. The summed E-state index contributed by atoms with van der Waals surface area (Å²) in [7, 11) is 0. The summed E-state index contributed by atoms with van der Waals surface area (Å²) in [6.45, 7) is 0. The van der Waals surface area contributed by atoms with Crippen LogP contribution in [0.15, 0.2) is 17.8 Å². The highest BCUT2D eigenvalue weighted by Crippen LogP contribution is 2.17. The van der Waals surface area contributed by atoms with Crippen molar-refractivity contribution in [2.75, 3.05) is 5.75 Å². The van der Waals surface area contributed by atoms with E-state index in [0.717, 1.165) is 16.4 Å². The van der Waals surface area contributed by atoms with E-state index in [1.165, 1.54) is 0 Å². The molecule has 0 spiro atoms. The lowest BCUT2D eigenvalue weighted by Crippen LogP contribution is -2.36. The number of nitrogens with one attached hydrogen (secondary N) is 1. The van der Waals surface area contributed by atoms with Crippen LogP contribution >= 0.6 is 23.1 Å². The van der Waals surface area contributed by atoms with Crippen molar-refractivity contribution in [3.8, 4) is 0 Å². The number of imidazole rings is 1. The molecule has 19 heavy (non-hydrogen) atoms. The summed E-state index contributed by atoms with van der Waals surface area (Å²) >= 11 is 3.18. The Balaban J connectivity index is 1.75. The van der Waals surface area contributed by atoms with Gasteiger partial charge in [0.25, 0.3) is 0 Å². The topological polar surface area (TPSA) is 83.7 Å². The van der Waals surface area contributed by atoms with Crippen molar-refractivity contribution in [3.63, 3.8) is 0 Å². The summed E-state index contributed by atoms with van der Waals surface area (Å²) < 4.78 is 1.97. The van der Waals surface area contributed by atoms with E-state index >= 15 is 0 Å². The third kappa shape index (κ3) is 3.71. The minimum absolute atomic E-state index is 0.404. The lowest BCUT2D eigenvalue weighted by atomic mass is 10.2. The number of rotatable bonds is 8. The second kappa shape index (κ2) is 6.58. The largest absolute Gasteiger partial charge is 0.480 e. The number of fused-ring (bicyclic) bond motifs is 1. The standard InChI is InChI=1S/C11H13N3O3S2/c15-7-12-9(10(16)17)1-3-18-6-8-5-14-2-4-19-11(14)13-8/h2,4-5,7,9H,1,3,6H2,(H,12,15)(H,16,17). The molecule has 2 heterocycles. The van der Waals surface area contributed by atoms with Crippen LogP contribution in [-0.4, -0.2) is 38.7 Å². The van der Waals surface area contributed by atoms with Gasteiger partial charge in [-0.05, 0) is 12.2 Å². The van der Waals surface area contributed by atoms with Crippen molar-refractivity contribution in [2.24, 2.45) is 0 Å². The van der Waals surface area contributed by atoms with E-state index in [0.29, 0.717) is 18.6 Å². The molecule has 0 aliphatic rings. The maximum absolute atomic E-state index is 10.8. The van der Waals surface area contributed by atoms with Crippen LogP contribution < -0.4 is 5.32 Å². The third-order valence-electron chi connectivity index (χ3n) is 2.51. The monoisotopic (exact) mass is 299 g/mol. The quantitative estimate of drug-likeness (QED) is 0.565. The Labute approximate surface area is 117 Å². The van der Waals surface area contributed by atoms with Crippen LogP contribution in [0.1, 0.15) is 12.1 Å². The van der Waals surface area contributed by atoms with Gasteiger partial charge in [-0.2, -0.15) is 11.8 Å². The Kier molecular flexibility index (Phi) is 4.80. The smallest absolute Gasteiger partial charge is 0.326 e. The Morgan fingerprint density at radius 2 is 2.53 bits per heavy atom. The fraction of sp³-hybridized carbons (Fsp3) is 0.364. The zero-order valence-electron chi connectivity index (χ0n) is 9.98. The average Bonchev–Trinajstić information content (AvgIpc) is 2.93. The molecular weight excluding hydrogens is 286 g/mol. The van der Waals surface area contributed by atoms with Gasteiger partial charge in [0.1, 0.15) is 6.04 Å². The molecule has 0 aromatic carbocycles. The zero-order chi connectivity index (χ0) is 13.7. The maximum Gasteiger partial charge on any atom is 0.326 e. The van der Waals surface area contributed by atoms with Gasteiger partial charge in [-0.15, -0.1) is 11.3 Å². The molecule has 2 aromatic rings. The lowest BCUT2D eigenvalue weighted by molar-refractivity contribution is -0.140. The summed E-state index contributed by atoms with van der Waals surface area (Å²) in [5.41, 5.74) is 0.979. The Morgan fingerprint density at radius 3 is 3.21 bits per heavy atom. The van der Waals surface area contributed by atoms with Crippen molar-refractivity contribution < 1.29 is 14.7 Å². The number of carbonyl (C=O) groups is 2. The number of carbonyl (C=O) groups excluding carboxylic acids is 1. The minimum Gasteiger partial charge on any atom is -0.480 e. The molecule has 0 saturated carbocycles. The number of amides is 1. The maximum atomic E-state index is 10.8. The Hall–Kier alpha value is -1.54. The van der Waals surface area contributed by atoms with Crippen molar-refractivity contribution in [2.45, 2.75) is 18.2 Å². The molecule has 102 valence electrons. The summed E-state index contributed by atoms with van der Waals surface area (Å²) in [6, 6.07) is -0.810. The first-order valence-corrected chi connectivity index (χ1v) is 7.65. The SMILES string of the molecule is O=CNC(CCSCc1cn2ccsc2n1)C(=O)O. The van der Waals surface area contributed by atoms with Crippen LogP contribution in [-0.2, 0) is 15.3 Å². The second-order valence-corrected chi connectivity index (χ2v) is 5.82. The van der Waals surface area contributed by atoms with Crippen LogP contribution in [0.4, 0.5) is 0 Å². The molecule has 0 aliphatic carbocycles. The molecule has 6 nitrogen and oxygen atoms in total. The normalized spacial score (nSPS) is 12.4. The first-order chi connectivity index (χ1) is 9.20. The van der Waals surface area contributed by atoms with Gasteiger partial charge in [0.05, 0.1) is 5.69 Å². The number of hydrogen-bond donors (Lipinski definition) is 2. The molecule has 1 unspecified atom stereocenters. The average molecular weight is 299 g/mol. The van der Waals surface area contributed by atoms with Gasteiger partial charge in [0.2, 0.25) is 6.41 Å². The van der Waals surface area contributed by atoms with E-state index in [-0.39, 0.29) is 0 Å². The molecule has 2 rings (SSSR count). The fourth-order valence-electron chi connectivity index (χ4n) is 1.58. The molecule has 0 aliphatic heterocycles. The highest BCUT2D eigenvalue weighted by atomic mass is 32.2. The van der Waals surface area contributed by atoms with Gasteiger partial charge in [-0.25, -0.2) is 9.78 Å². The molecular formula is C11H13N3O3S2. The highest BCUT2D eigenvalue weighted by molar-refractivity contribution is 7.98. The van der Waals surface area contributed by atoms with Gasteiger partial charge in [-0.1, -0.05) is 0 Å². The summed E-state index contributed by atoms with van der Waals surface area (Å²) in [6.07, 6.45) is 4.75. The molecule has 2 N–H and O–H groups in total. The van der Waals surface area contributed by atoms with E-state index < -0.39 is 12.0 Å². The molecule has 0 saturated heterocycles. The molecule has 0 fully saturated rings. The first-order valence-electron chi connectivity index (χ1n) is 5.62. The summed E-state index contributed by atoms with van der Waals surface area (Å²) in [4.78, 5) is 26.4. The van der Waals surface area contributed by atoms with Crippen LogP contribution in [0.2, 0.25) is 0 Å². The van der Waals surface area contributed by atoms with Crippen molar-refractivity contribution in [1.82, 2.24) is 14.7 Å². The third-order valence-corrected chi connectivity index (χ3v) is 4.31. The van der Waals surface area contributed by atoms with Gasteiger partial charge in [0.15, 0.2) is 4.96 Å².